The van der Waals surface area contributed by atoms with Crippen molar-refractivity contribution in [2.75, 3.05) is 11.9 Å². The van der Waals surface area contributed by atoms with Gasteiger partial charge >= 0.3 is 5.97 Å². The summed E-state index contributed by atoms with van der Waals surface area (Å²) in [5.74, 6) is -1.84. The zero-order valence-corrected chi connectivity index (χ0v) is 14.6. The molecule has 0 unspecified atom stereocenters. The highest BCUT2D eigenvalue weighted by Gasteiger charge is 2.16. The van der Waals surface area contributed by atoms with Gasteiger partial charge in [-0.3, -0.25) is 9.59 Å². The molecule has 26 heavy (non-hydrogen) atoms. The zero-order valence-electron chi connectivity index (χ0n) is 13.1. The van der Waals surface area contributed by atoms with Crippen molar-refractivity contribution in [1.82, 2.24) is 0 Å². The first kappa shape index (κ1) is 18.0. The topological polar surface area (TPSA) is 85.6 Å². The van der Waals surface area contributed by atoms with Crippen molar-refractivity contribution in [2.45, 2.75) is 0 Å². The van der Waals surface area contributed by atoms with Crippen molar-refractivity contribution in [2.24, 2.45) is 0 Å². The summed E-state index contributed by atoms with van der Waals surface area (Å²) in [6.07, 6.45) is 0. The minimum Gasteiger partial charge on any atom is -0.450 e. The first-order valence-electron chi connectivity index (χ1n) is 7.39. The smallest absolute Gasteiger partial charge is 0.374 e. The maximum atomic E-state index is 12.0. The molecule has 0 radical (unpaired) electrons. The van der Waals surface area contributed by atoms with E-state index in [1.807, 2.05) is 0 Å². The fourth-order valence-electron chi connectivity index (χ4n) is 2.19. The Morgan fingerprint density at radius 1 is 1.08 bits per heavy atom. The molecule has 1 N–H and O–H groups in total. The molecule has 132 valence electrons. The van der Waals surface area contributed by atoms with E-state index in [2.05, 4.69) is 5.32 Å². The van der Waals surface area contributed by atoms with Crippen molar-refractivity contribution in [3.05, 3.63) is 74.6 Å². The van der Waals surface area contributed by atoms with Crippen LogP contribution in [0.15, 0.2) is 57.7 Å². The van der Waals surface area contributed by atoms with Gasteiger partial charge in [-0.25, -0.2) is 4.79 Å². The molecule has 0 atom stereocenters. The lowest BCUT2D eigenvalue weighted by Gasteiger charge is -2.08. The van der Waals surface area contributed by atoms with Crippen LogP contribution in [0.2, 0.25) is 10.0 Å². The summed E-state index contributed by atoms with van der Waals surface area (Å²) in [6.45, 7) is -0.585. The van der Waals surface area contributed by atoms with Gasteiger partial charge in [0.1, 0.15) is 5.58 Å². The summed E-state index contributed by atoms with van der Waals surface area (Å²) in [7, 11) is 0. The van der Waals surface area contributed by atoms with Gasteiger partial charge in [0, 0.05) is 6.07 Å². The van der Waals surface area contributed by atoms with Crippen molar-refractivity contribution in [3.8, 4) is 0 Å². The van der Waals surface area contributed by atoms with Crippen molar-refractivity contribution >= 4 is 51.7 Å². The fraction of sp³-hybridized carbons (Fsp3) is 0.0556. The molecule has 1 aromatic heterocycles. The largest absolute Gasteiger partial charge is 0.450 e. The molecule has 0 fully saturated rings. The van der Waals surface area contributed by atoms with Crippen LogP contribution in [0.1, 0.15) is 10.6 Å². The van der Waals surface area contributed by atoms with Crippen LogP contribution in [-0.4, -0.2) is 18.5 Å². The number of esters is 1. The van der Waals surface area contributed by atoms with E-state index in [0.717, 1.165) is 6.07 Å². The maximum Gasteiger partial charge on any atom is 0.374 e. The third-order valence-electron chi connectivity index (χ3n) is 3.40. The molecule has 0 saturated carbocycles. The molecule has 0 aliphatic heterocycles. The van der Waals surface area contributed by atoms with E-state index >= 15 is 0 Å². The predicted molar refractivity (Wildman–Crippen MR) is 97.9 cm³/mol. The van der Waals surface area contributed by atoms with Crippen LogP contribution in [0.5, 0.6) is 0 Å². The SMILES string of the molecule is O=C(COC(=O)c1cc(=O)c2ccccc2o1)Nc1cccc(Cl)c1Cl. The highest BCUT2D eigenvalue weighted by molar-refractivity contribution is 6.44. The van der Waals surface area contributed by atoms with Gasteiger partial charge in [0.05, 0.1) is 21.1 Å². The van der Waals surface area contributed by atoms with Gasteiger partial charge in [0.2, 0.25) is 5.76 Å². The molecule has 6 nitrogen and oxygen atoms in total. The molecule has 1 heterocycles. The molecule has 0 aliphatic rings. The van der Waals surface area contributed by atoms with Crippen molar-refractivity contribution < 1.29 is 18.7 Å². The average molecular weight is 392 g/mol. The van der Waals surface area contributed by atoms with Crippen LogP contribution in [-0.2, 0) is 9.53 Å². The van der Waals surface area contributed by atoms with E-state index < -0.39 is 18.5 Å². The highest BCUT2D eigenvalue weighted by atomic mass is 35.5. The van der Waals surface area contributed by atoms with Gasteiger partial charge in [-0.1, -0.05) is 41.4 Å². The Hall–Kier alpha value is -2.83. The zero-order chi connectivity index (χ0) is 18.7. The van der Waals surface area contributed by atoms with E-state index in [1.165, 1.54) is 0 Å². The summed E-state index contributed by atoms with van der Waals surface area (Å²) >= 11 is 11.8. The second-order valence-electron chi connectivity index (χ2n) is 5.20. The summed E-state index contributed by atoms with van der Waals surface area (Å²) < 4.78 is 10.2. The normalized spacial score (nSPS) is 10.5. The van der Waals surface area contributed by atoms with Gasteiger partial charge in [0.15, 0.2) is 12.0 Å². The van der Waals surface area contributed by atoms with Crippen molar-refractivity contribution in [3.63, 3.8) is 0 Å². The van der Waals surface area contributed by atoms with E-state index in [-0.39, 0.29) is 32.5 Å². The van der Waals surface area contributed by atoms with Gasteiger partial charge in [-0.15, -0.1) is 0 Å². The first-order valence-corrected chi connectivity index (χ1v) is 8.15. The first-order chi connectivity index (χ1) is 12.5. The monoisotopic (exact) mass is 391 g/mol. The molecular weight excluding hydrogens is 381 g/mol. The highest BCUT2D eigenvalue weighted by Crippen LogP contribution is 2.29. The average Bonchev–Trinajstić information content (AvgIpc) is 2.63. The van der Waals surface area contributed by atoms with E-state index in [0.29, 0.717) is 5.39 Å². The summed E-state index contributed by atoms with van der Waals surface area (Å²) in [5.41, 5.74) is 0.161. The third-order valence-corrected chi connectivity index (χ3v) is 4.21. The van der Waals surface area contributed by atoms with Crippen LogP contribution in [0.4, 0.5) is 5.69 Å². The number of hydrogen-bond donors (Lipinski definition) is 1. The number of carbonyl (C=O) groups excluding carboxylic acids is 2. The third kappa shape index (κ3) is 3.87. The molecule has 0 bridgehead atoms. The maximum absolute atomic E-state index is 12.0. The predicted octanol–water partition coefficient (Wildman–Crippen LogP) is 3.90. The number of benzene rings is 2. The lowest BCUT2D eigenvalue weighted by molar-refractivity contribution is -0.119. The van der Waals surface area contributed by atoms with Crippen molar-refractivity contribution in [1.29, 1.82) is 0 Å². The molecule has 2 aromatic carbocycles. The number of amides is 1. The number of nitrogens with one attached hydrogen (secondary N) is 1. The number of anilines is 1. The Labute approximate surface area is 157 Å². The second-order valence-corrected chi connectivity index (χ2v) is 5.98. The van der Waals surface area contributed by atoms with E-state index in [9.17, 15) is 14.4 Å². The number of carbonyl (C=O) groups is 2. The van der Waals surface area contributed by atoms with Crippen LogP contribution < -0.4 is 10.7 Å². The number of ether oxygens (including phenoxy) is 1. The summed E-state index contributed by atoms with van der Waals surface area (Å²) in [5, 5.41) is 3.27. The number of rotatable bonds is 4. The molecule has 0 spiro atoms. The Bertz CT molecular complexity index is 1060. The molecular formula is C18H11Cl2NO5. The van der Waals surface area contributed by atoms with Crippen LogP contribution in [0.25, 0.3) is 11.0 Å². The Morgan fingerprint density at radius 2 is 1.85 bits per heavy atom. The van der Waals surface area contributed by atoms with E-state index in [4.69, 9.17) is 32.4 Å². The quantitative estimate of drug-likeness (QED) is 0.681. The minimum absolute atomic E-state index is 0.175. The van der Waals surface area contributed by atoms with E-state index in [1.54, 1.807) is 42.5 Å². The lowest BCUT2D eigenvalue weighted by Crippen LogP contribution is -2.21. The second kappa shape index (κ2) is 7.59. The van der Waals surface area contributed by atoms with Crippen LogP contribution in [0, 0.1) is 0 Å². The lowest BCUT2D eigenvalue weighted by atomic mass is 10.2. The molecule has 3 aromatic rings. The Kier molecular flexibility index (Phi) is 5.25. The summed E-state index contributed by atoms with van der Waals surface area (Å²) in [6, 6.07) is 12.2. The fourth-order valence-corrected chi connectivity index (χ4v) is 2.54. The number of fused-ring (bicyclic) bond motifs is 1. The van der Waals surface area contributed by atoms with Gasteiger partial charge in [0.25, 0.3) is 5.91 Å². The molecule has 3 rings (SSSR count). The van der Waals surface area contributed by atoms with Gasteiger partial charge in [-0.2, -0.15) is 0 Å². The molecule has 8 heteroatoms. The van der Waals surface area contributed by atoms with Crippen LogP contribution >= 0.6 is 23.2 Å². The van der Waals surface area contributed by atoms with Gasteiger partial charge in [-0.05, 0) is 24.3 Å². The molecule has 0 saturated heterocycles. The standard InChI is InChI=1S/C18H11Cl2NO5/c19-11-5-3-6-12(17(11)20)21-16(23)9-25-18(24)15-8-13(22)10-4-1-2-7-14(10)26-15/h1-8H,9H2,(H,21,23). The minimum atomic E-state index is -0.930. The molecule has 0 aliphatic carbocycles. The van der Waals surface area contributed by atoms with Gasteiger partial charge < -0.3 is 14.5 Å². The van der Waals surface area contributed by atoms with Crippen LogP contribution in [0.3, 0.4) is 0 Å². The number of para-hydroxylation sites is 1. The number of halogens is 2. The summed E-state index contributed by atoms with van der Waals surface area (Å²) in [4.78, 5) is 35.9. The molecule has 1 amide bonds. The number of hydrogen-bond acceptors (Lipinski definition) is 5. The Morgan fingerprint density at radius 3 is 2.65 bits per heavy atom. The Balaban J connectivity index is 1.68.